The highest BCUT2D eigenvalue weighted by Crippen LogP contribution is 2.22. The molecule has 4 nitrogen and oxygen atoms in total. The molecule has 2 aliphatic rings. The van der Waals surface area contributed by atoms with Crippen molar-refractivity contribution in [2.24, 2.45) is 11.8 Å². The predicted molar refractivity (Wildman–Crippen MR) is 98.1 cm³/mol. The Balaban J connectivity index is 1.37. The van der Waals surface area contributed by atoms with Gasteiger partial charge in [-0.05, 0) is 69.4 Å². The van der Waals surface area contributed by atoms with Gasteiger partial charge in [0, 0.05) is 24.0 Å². The van der Waals surface area contributed by atoms with Crippen LogP contribution in [0.2, 0.25) is 5.02 Å². The van der Waals surface area contributed by atoms with Gasteiger partial charge < -0.3 is 10.6 Å². The summed E-state index contributed by atoms with van der Waals surface area (Å²) < 4.78 is 0. The number of halogens is 1. The molecule has 2 fully saturated rings. The summed E-state index contributed by atoms with van der Waals surface area (Å²) in [6, 6.07) is 8.08. The van der Waals surface area contributed by atoms with Gasteiger partial charge in [0.1, 0.15) is 0 Å². The third-order valence-electron chi connectivity index (χ3n) is 5.33. The van der Waals surface area contributed by atoms with E-state index in [0.717, 1.165) is 70.0 Å². The first-order valence-electron chi connectivity index (χ1n) is 9.16. The Bertz CT molecular complexity index is 537. The fourth-order valence-electron chi connectivity index (χ4n) is 3.69. The van der Waals surface area contributed by atoms with Gasteiger partial charge in [-0.1, -0.05) is 29.8 Å². The first kappa shape index (κ1) is 17.7. The summed E-state index contributed by atoms with van der Waals surface area (Å²) in [6.07, 6.45) is 4.25. The third kappa shape index (κ3) is 4.95. The number of likely N-dealkylation sites (tertiary alicyclic amines) is 1. The largest absolute Gasteiger partial charge is 0.356 e. The van der Waals surface area contributed by atoms with Crippen LogP contribution in [0.1, 0.15) is 31.2 Å². The van der Waals surface area contributed by atoms with Crippen LogP contribution in [-0.4, -0.2) is 43.5 Å². The molecule has 0 bridgehead atoms. The number of hydrogen-bond acceptors (Lipinski definition) is 3. The highest BCUT2D eigenvalue weighted by atomic mass is 35.5. The molecule has 2 N–H and O–H groups in total. The van der Waals surface area contributed by atoms with Gasteiger partial charge in [-0.25, -0.2) is 0 Å². The van der Waals surface area contributed by atoms with Crippen molar-refractivity contribution in [2.45, 2.75) is 32.2 Å². The maximum Gasteiger partial charge on any atom is 0.223 e. The molecular weight excluding hydrogens is 322 g/mol. The lowest BCUT2D eigenvalue weighted by Gasteiger charge is -2.32. The van der Waals surface area contributed by atoms with Crippen LogP contribution >= 0.6 is 11.6 Å². The number of hydrogen-bond donors (Lipinski definition) is 2. The second kappa shape index (κ2) is 8.84. The number of rotatable bonds is 5. The Labute approximate surface area is 149 Å². The van der Waals surface area contributed by atoms with E-state index in [4.69, 9.17) is 11.6 Å². The van der Waals surface area contributed by atoms with Gasteiger partial charge in [0.05, 0.1) is 0 Å². The van der Waals surface area contributed by atoms with Crippen LogP contribution in [-0.2, 0) is 11.3 Å². The molecule has 1 aromatic rings. The van der Waals surface area contributed by atoms with Crippen molar-refractivity contribution in [1.29, 1.82) is 0 Å². The first-order valence-corrected chi connectivity index (χ1v) is 9.54. The van der Waals surface area contributed by atoms with Crippen molar-refractivity contribution in [3.8, 4) is 0 Å². The molecule has 2 aliphatic heterocycles. The average Bonchev–Trinajstić information content (AvgIpc) is 2.63. The van der Waals surface area contributed by atoms with Crippen LogP contribution < -0.4 is 10.6 Å². The molecule has 0 saturated carbocycles. The van der Waals surface area contributed by atoms with E-state index in [2.05, 4.69) is 21.6 Å². The Morgan fingerprint density at radius 2 is 1.88 bits per heavy atom. The molecule has 132 valence electrons. The SMILES string of the molecule is O=C(NCC1CCN(Cc2ccccc2Cl)CC1)C1CCNCC1. The van der Waals surface area contributed by atoms with E-state index in [1.165, 1.54) is 5.56 Å². The van der Waals surface area contributed by atoms with Crippen molar-refractivity contribution >= 4 is 17.5 Å². The van der Waals surface area contributed by atoms with Crippen molar-refractivity contribution in [1.82, 2.24) is 15.5 Å². The van der Waals surface area contributed by atoms with Crippen molar-refractivity contribution in [2.75, 3.05) is 32.7 Å². The molecule has 24 heavy (non-hydrogen) atoms. The number of benzene rings is 1. The second-order valence-corrected chi connectivity index (χ2v) is 7.49. The molecule has 0 atom stereocenters. The zero-order valence-corrected chi connectivity index (χ0v) is 15.0. The molecule has 2 heterocycles. The molecule has 0 aromatic heterocycles. The fourth-order valence-corrected chi connectivity index (χ4v) is 3.89. The Morgan fingerprint density at radius 3 is 2.58 bits per heavy atom. The number of nitrogens with one attached hydrogen (secondary N) is 2. The van der Waals surface area contributed by atoms with E-state index in [0.29, 0.717) is 5.92 Å². The van der Waals surface area contributed by atoms with Gasteiger partial charge in [-0.15, -0.1) is 0 Å². The molecule has 0 aliphatic carbocycles. The third-order valence-corrected chi connectivity index (χ3v) is 5.70. The van der Waals surface area contributed by atoms with Crippen molar-refractivity contribution in [3.05, 3.63) is 34.9 Å². The summed E-state index contributed by atoms with van der Waals surface area (Å²) in [5, 5.41) is 7.35. The molecule has 5 heteroatoms. The quantitative estimate of drug-likeness (QED) is 0.859. The summed E-state index contributed by atoms with van der Waals surface area (Å²) in [7, 11) is 0. The Morgan fingerprint density at radius 1 is 1.17 bits per heavy atom. The van der Waals surface area contributed by atoms with Gasteiger partial charge in [-0.2, -0.15) is 0 Å². The molecule has 1 amide bonds. The average molecular weight is 350 g/mol. The Hall–Kier alpha value is -1.10. The maximum atomic E-state index is 12.2. The summed E-state index contributed by atoms with van der Waals surface area (Å²) >= 11 is 6.25. The topological polar surface area (TPSA) is 44.4 Å². The zero-order chi connectivity index (χ0) is 16.8. The molecular formula is C19H28ClN3O. The number of piperidine rings is 2. The van der Waals surface area contributed by atoms with E-state index < -0.39 is 0 Å². The van der Waals surface area contributed by atoms with Crippen LogP contribution in [0, 0.1) is 11.8 Å². The molecule has 1 aromatic carbocycles. The molecule has 0 radical (unpaired) electrons. The molecule has 0 spiro atoms. The highest BCUT2D eigenvalue weighted by Gasteiger charge is 2.23. The standard InChI is InChI=1S/C19H28ClN3O/c20-18-4-2-1-3-17(18)14-23-11-7-15(8-12-23)13-22-19(24)16-5-9-21-10-6-16/h1-4,15-16,21H,5-14H2,(H,22,24). The maximum absolute atomic E-state index is 12.2. The van der Waals surface area contributed by atoms with E-state index in [1.54, 1.807) is 0 Å². The molecule has 3 rings (SSSR count). The second-order valence-electron chi connectivity index (χ2n) is 7.08. The monoisotopic (exact) mass is 349 g/mol. The normalized spacial score (nSPS) is 20.9. The lowest BCUT2D eigenvalue weighted by molar-refractivity contribution is -0.126. The lowest BCUT2D eigenvalue weighted by Crippen LogP contribution is -2.42. The lowest BCUT2D eigenvalue weighted by atomic mass is 9.94. The number of carbonyl (C=O) groups excluding carboxylic acids is 1. The molecule has 2 saturated heterocycles. The highest BCUT2D eigenvalue weighted by molar-refractivity contribution is 6.31. The van der Waals surface area contributed by atoms with Gasteiger partial charge in [0.15, 0.2) is 0 Å². The van der Waals surface area contributed by atoms with E-state index >= 15 is 0 Å². The van der Waals surface area contributed by atoms with E-state index in [1.807, 2.05) is 18.2 Å². The summed E-state index contributed by atoms with van der Waals surface area (Å²) in [5.41, 5.74) is 1.21. The van der Waals surface area contributed by atoms with Crippen LogP contribution in [0.5, 0.6) is 0 Å². The van der Waals surface area contributed by atoms with Crippen LogP contribution in [0.4, 0.5) is 0 Å². The number of carbonyl (C=O) groups is 1. The van der Waals surface area contributed by atoms with Gasteiger partial charge in [0.25, 0.3) is 0 Å². The summed E-state index contributed by atoms with van der Waals surface area (Å²) in [5.74, 6) is 1.08. The van der Waals surface area contributed by atoms with Crippen molar-refractivity contribution in [3.63, 3.8) is 0 Å². The van der Waals surface area contributed by atoms with Crippen LogP contribution in [0.25, 0.3) is 0 Å². The zero-order valence-electron chi connectivity index (χ0n) is 14.3. The molecule has 0 unspecified atom stereocenters. The van der Waals surface area contributed by atoms with Gasteiger partial charge in [-0.3, -0.25) is 9.69 Å². The van der Waals surface area contributed by atoms with Gasteiger partial charge in [0.2, 0.25) is 5.91 Å². The van der Waals surface area contributed by atoms with Crippen LogP contribution in [0.15, 0.2) is 24.3 Å². The summed E-state index contributed by atoms with van der Waals surface area (Å²) in [6.45, 7) is 5.87. The smallest absolute Gasteiger partial charge is 0.223 e. The minimum Gasteiger partial charge on any atom is -0.356 e. The van der Waals surface area contributed by atoms with E-state index in [9.17, 15) is 4.79 Å². The van der Waals surface area contributed by atoms with E-state index in [-0.39, 0.29) is 11.8 Å². The van der Waals surface area contributed by atoms with Crippen LogP contribution in [0.3, 0.4) is 0 Å². The minimum absolute atomic E-state index is 0.214. The Kier molecular flexibility index (Phi) is 6.52. The first-order chi connectivity index (χ1) is 11.7. The van der Waals surface area contributed by atoms with Crippen molar-refractivity contribution < 1.29 is 4.79 Å². The fraction of sp³-hybridized carbons (Fsp3) is 0.632. The predicted octanol–water partition coefficient (Wildman–Crippen LogP) is 2.67. The summed E-state index contributed by atoms with van der Waals surface area (Å²) in [4.78, 5) is 14.7. The number of amides is 1. The van der Waals surface area contributed by atoms with Gasteiger partial charge >= 0.3 is 0 Å². The minimum atomic E-state index is 0.214. The number of nitrogens with zero attached hydrogens (tertiary/aromatic N) is 1.